The van der Waals surface area contributed by atoms with Crippen molar-refractivity contribution in [3.8, 4) is 0 Å². The van der Waals surface area contributed by atoms with Gasteiger partial charge in [-0.05, 0) is 27.7 Å². The normalized spacial score (nSPS) is 16.7. The number of amides is 1. The Kier molecular flexibility index (Phi) is 4.65. The van der Waals surface area contributed by atoms with Crippen LogP contribution >= 0.6 is 0 Å². The van der Waals surface area contributed by atoms with Gasteiger partial charge in [0.2, 0.25) is 0 Å². The third-order valence-electron chi connectivity index (χ3n) is 3.31. The zero-order chi connectivity index (χ0) is 15.5. The quantitative estimate of drug-likeness (QED) is 0.905. The van der Waals surface area contributed by atoms with Gasteiger partial charge in [-0.1, -0.05) is 0 Å². The van der Waals surface area contributed by atoms with E-state index in [-0.39, 0.29) is 17.7 Å². The van der Waals surface area contributed by atoms with E-state index in [1.165, 1.54) is 0 Å². The van der Waals surface area contributed by atoms with E-state index in [0.29, 0.717) is 0 Å². The number of nitrogens with zero attached hydrogens (tertiary/aromatic N) is 3. The lowest BCUT2D eigenvalue weighted by Crippen LogP contribution is -2.44. The van der Waals surface area contributed by atoms with Gasteiger partial charge in [-0.3, -0.25) is 0 Å². The summed E-state index contributed by atoms with van der Waals surface area (Å²) in [6, 6.07) is 1.98. The predicted octanol–water partition coefficient (Wildman–Crippen LogP) is 2.28. The molecule has 0 spiro atoms. The SMILES string of the molecule is Cc1cc(N2CCC(OC(=O)NC(C)(C)C)CC2)ncn1. The average molecular weight is 292 g/mol. The summed E-state index contributed by atoms with van der Waals surface area (Å²) in [5.41, 5.74) is 0.693. The maximum Gasteiger partial charge on any atom is 0.407 e. The summed E-state index contributed by atoms with van der Waals surface area (Å²) in [6.07, 6.45) is 2.87. The van der Waals surface area contributed by atoms with Gasteiger partial charge in [-0.2, -0.15) is 0 Å². The number of aromatic nitrogens is 2. The lowest BCUT2D eigenvalue weighted by Gasteiger charge is -2.33. The standard InChI is InChI=1S/C15H24N4O2/c1-11-9-13(17-10-16-11)19-7-5-12(6-8-19)21-14(20)18-15(2,3)4/h9-10,12H,5-8H2,1-4H3,(H,18,20). The van der Waals surface area contributed by atoms with Crippen molar-refractivity contribution in [3.05, 3.63) is 18.1 Å². The van der Waals surface area contributed by atoms with Gasteiger partial charge < -0.3 is 15.0 Å². The highest BCUT2D eigenvalue weighted by molar-refractivity contribution is 5.68. The molecule has 2 heterocycles. The molecule has 2 rings (SSSR count). The molecule has 1 N–H and O–H groups in total. The summed E-state index contributed by atoms with van der Waals surface area (Å²) in [4.78, 5) is 22.4. The molecule has 1 fully saturated rings. The van der Waals surface area contributed by atoms with Crippen molar-refractivity contribution >= 4 is 11.9 Å². The molecule has 0 bridgehead atoms. The number of aryl methyl sites for hydroxylation is 1. The number of alkyl carbamates (subject to hydrolysis) is 1. The van der Waals surface area contributed by atoms with E-state index >= 15 is 0 Å². The first kappa shape index (κ1) is 15.5. The third-order valence-corrected chi connectivity index (χ3v) is 3.31. The summed E-state index contributed by atoms with van der Waals surface area (Å²) in [5, 5.41) is 2.82. The average Bonchev–Trinajstić information content (AvgIpc) is 2.37. The van der Waals surface area contributed by atoms with Gasteiger partial charge in [0.1, 0.15) is 18.2 Å². The molecular weight excluding hydrogens is 268 g/mol. The minimum Gasteiger partial charge on any atom is -0.446 e. The Morgan fingerprint density at radius 3 is 2.57 bits per heavy atom. The van der Waals surface area contributed by atoms with Crippen LogP contribution in [0, 0.1) is 6.92 Å². The van der Waals surface area contributed by atoms with Crippen LogP contribution in [0.1, 0.15) is 39.3 Å². The van der Waals surface area contributed by atoms with E-state index in [9.17, 15) is 4.79 Å². The van der Waals surface area contributed by atoms with Gasteiger partial charge in [0, 0.05) is 43.2 Å². The Morgan fingerprint density at radius 2 is 2.00 bits per heavy atom. The molecular formula is C15H24N4O2. The predicted molar refractivity (Wildman–Crippen MR) is 81.4 cm³/mol. The van der Waals surface area contributed by atoms with Crippen LogP contribution in [0.15, 0.2) is 12.4 Å². The van der Waals surface area contributed by atoms with Crippen molar-refractivity contribution < 1.29 is 9.53 Å². The number of nitrogens with one attached hydrogen (secondary N) is 1. The number of carbonyl (C=O) groups excluding carboxylic acids is 1. The zero-order valence-corrected chi connectivity index (χ0v) is 13.2. The van der Waals surface area contributed by atoms with E-state index in [1.54, 1.807) is 6.33 Å². The Labute approximate surface area is 125 Å². The molecule has 6 nitrogen and oxygen atoms in total. The minimum atomic E-state index is -0.334. The van der Waals surface area contributed by atoms with Gasteiger partial charge >= 0.3 is 6.09 Å². The fourth-order valence-corrected chi connectivity index (χ4v) is 2.30. The minimum absolute atomic E-state index is 0.0217. The van der Waals surface area contributed by atoms with E-state index in [0.717, 1.165) is 37.4 Å². The molecule has 0 atom stereocenters. The van der Waals surface area contributed by atoms with Crippen LogP contribution in [0.2, 0.25) is 0 Å². The van der Waals surface area contributed by atoms with Gasteiger partial charge in [-0.15, -0.1) is 0 Å². The molecule has 1 aromatic heterocycles. The lowest BCUT2D eigenvalue weighted by molar-refractivity contribution is 0.0776. The maximum absolute atomic E-state index is 11.8. The lowest BCUT2D eigenvalue weighted by atomic mass is 10.1. The van der Waals surface area contributed by atoms with E-state index in [2.05, 4.69) is 20.2 Å². The topological polar surface area (TPSA) is 67.3 Å². The molecule has 6 heteroatoms. The van der Waals surface area contributed by atoms with Gasteiger partial charge in [0.25, 0.3) is 0 Å². The summed E-state index contributed by atoms with van der Waals surface area (Å²) in [7, 11) is 0. The molecule has 0 aromatic carbocycles. The first-order chi connectivity index (χ1) is 9.83. The van der Waals surface area contributed by atoms with Crippen LogP contribution in [0.4, 0.5) is 10.6 Å². The molecule has 0 aliphatic carbocycles. The van der Waals surface area contributed by atoms with Crippen LogP contribution in [0.25, 0.3) is 0 Å². The summed E-state index contributed by atoms with van der Waals surface area (Å²) in [6.45, 7) is 9.45. The van der Waals surface area contributed by atoms with Gasteiger partial charge in [0.15, 0.2) is 0 Å². The fraction of sp³-hybridized carbons (Fsp3) is 0.667. The van der Waals surface area contributed by atoms with E-state index in [4.69, 9.17) is 4.74 Å². The zero-order valence-electron chi connectivity index (χ0n) is 13.2. The van der Waals surface area contributed by atoms with Gasteiger partial charge in [0.05, 0.1) is 0 Å². The molecule has 1 aliphatic heterocycles. The van der Waals surface area contributed by atoms with E-state index in [1.807, 2.05) is 33.8 Å². The maximum atomic E-state index is 11.8. The van der Waals surface area contributed by atoms with E-state index < -0.39 is 0 Å². The van der Waals surface area contributed by atoms with Crippen molar-refractivity contribution in [2.45, 2.75) is 52.2 Å². The summed E-state index contributed by atoms with van der Waals surface area (Å²) in [5.74, 6) is 0.945. The number of carbonyl (C=O) groups is 1. The number of rotatable bonds is 2. The van der Waals surface area contributed by atoms with Crippen LogP contribution in [-0.4, -0.2) is 40.8 Å². The fourth-order valence-electron chi connectivity index (χ4n) is 2.30. The molecule has 21 heavy (non-hydrogen) atoms. The number of anilines is 1. The van der Waals surface area contributed by atoms with Crippen LogP contribution in [-0.2, 0) is 4.74 Å². The Balaban J connectivity index is 1.82. The molecule has 0 unspecified atom stereocenters. The van der Waals surface area contributed by atoms with Crippen molar-refractivity contribution in [3.63, 3.8) is 0 Å². The third kappa shape index (κ3) is 4.88. The van der Waals surface area contributed by atoms with Crippen LogP contribution in [0.3, 0.4) is 0 Å². The smallest absolute Gasteiger partial charge is 0.407 e. The second kappa shape index (κ2) is 6.28. The van der Waals surface area contributed by atoms with Crippen molar-refractivity contribution in [1.82, 2.24) is 15.3 Å². The Bertz CT molecular complexity index is 491. The second-order valence-corrected chi connectivity index (χ2v) is 6.48. The van der Waals surface area contributed by atoms with Gasteiger partial charge in [-0.25, -0.2) is 14.8 Å². The molecule has 1 amide bonds. The number of hydrogen-bond acceptors (Lipinski definition) is 5. The largest absolute Gasteiger partial charge is 0.446 e. The number of hydrogen-bond donors (Lipinski definition) is 1. The molecule has 116 valence electrons. The van der Waals surface area contributed by atoms with Crippen LogP contribution < -0.4 is 10.2 Å². The molecule has 1 aromatic rings. The highest BCUT2D eigenvalue weighted by Gasteiger charge is 2.24. The van der Waals surface area contributed by atoms with Crippen molar-refractivity contribution in [2.75, 3.05) is 18.0 Å². The summed E-state index contributed by atoms with van der Waals surface area (Å²) >= 11 is 0. The number of piperidine rings is 1. The highest BCUT2D eigenvalue weighted by Crippen LogP contribution is 2.19. The van der Waals surface area contributed by atoms with Crippen molar-refractivity contribution in [2.24, 2.45) is 0 Å². The monoisotopic (exact) mass is 292 g/mol. The molecule has 1 saturated heterocycles. The molecule has 1 aliphatic rings. The number of ether oxygens (including phenoxy) is 1. The Morgan fingerprint density at radius 1 is 1.33 bits per heavy atom. The highest BCUT2D eigenvalue weighted by atomic mass is 16.6. The first-order valence-corrected chi connectivity index (χ1v) is 7.36. The molecule has 0 saturated carbocycles. The Hall–Kier alpha value is -1.85. The van der Waals surface area contributed by atoms with Crippen LogP contribution in [0.5, 0.6) is 0 Å². The molecule has 0 radical (unpaired) electrons. The first-order valence-electron chi connectivity index (χ1n) is 7.36. The second-order valence-electron chi connectivity index (χ2n) is 6.48. The summed E-state index contributed by atoms with van der Waals surface area (Å²) < 4.78 is 5.47. The van der Waals surface area contributed by atoms with Crippen molar-refractivity contribution in [1.29, 1.82) is 0 Å².